The van der Waals surface area contributed by atoms with Gasteiger partial charge in [0.1, 0.15) is 5.69 Å². The minimum atomic E-state index is 0.305. The number of rotatable bonds is 2. The zero-order valence-electron chi connectivity index (χ0n) is 8.74. The van der Waals surface area contributed by atoms with Crippen LogP contribution in [0.1, 0.15) is 12.5 Å². The molecule has 0 aliphatic rings. The van der Waals surface area contributed by atoms with E-state index < -0.39 is 0 Å². The molecule has 0 N–H and O–H groups in total. The van der Waals surface area contributed by atoms with Gasteiger partial charge in [-0.1, -0.05) is 54.4 Å². The van der Waals surface area contributed by atoms with Crippen LogP contribution in [0.3, 0.4) is 0 Å². The first-order chi connectivity index (χ1) is 7.70. The molecule has 0 aliphatic heterocycles. The number of halogens is 2. The quantitative estimate of drug-likeness (QED) is 0.807. The van der Waals surface area contributed by atoms with Crippen LogP contribution in [0, 0.1) is 0 Å². The van der Waals surface area contributed by atoms with Crippen molar-refractivity contribution >= 4 is 23.2 Å². The Morgan fingerprint density at radius 1 is 1.06 bits per heavy atom. The molecule has 16 heavy (non-hydrogen) atoms. The summed E-state index contributed by atoms with van der Waals surface area (Å²) >= 11 is 11.7. The van der Waals surface area contributed by atoms with E-state index in [4.69, 9.17) is 23.2 Å². The Morgan fingerprint density at radius 3 is 2.31 bits per heavy atom. The number of hydrogen-bond acceptors (Lipinski definition) is 2. The molecule has 0 aliphatic carbocycles. The monoisotopic (exact) mass is 252 g/mol. The van der Waals surface area contributed by atoms with Gasteiger partial charge in [0.25, 0.3) is 0 Å². The Hall–Kier alpha value is -1.12. The van der Waals surface area contributed by atoms with Gasteiger partial charge in [0.05, 0.1) is 5.02 Å². The maximum absolute atomic E-state index is 6.05. The minimum absolute atomic E-state index is 0.305. The van der Waals surface area contributed by atoms with Gasteiger partial charge in [-0.25, -0.2) is 0 Å². The Kier molecular flexibility index (Phi) is 3.42. The van der Waals surface area contributed by atoms with Gasteiger partial charge < -0.3 is 0 Å². The van der Waals surface area contributed by atoms with E-state index in [-0.39, 0.29) is 0 Å². The van der Waals surface area contributed by atoms with Crippen molar-refractivity contribution in [2.45, 2.75) is 13.3 Å². The van der Waals surface area contributed by atoms with Crippen LogP contribution in [0.4, 0.5) is 0 Å². The molecule has 2 rings (SSSR count). The van der Waals surface area contributed by atoms with E-state index in [1.165, 1.54) is 5.56 Å². The fraction of sp³-hybridized carbons (Fsp3) is 0.167. The molecule has 0 bridgehead atoms. The van der Waals surface area contributed by atoms with E-state index in [1.807, 2.05) is 12.1 Å². The van der Waals surface area contributed by atoms with Crippen LogP contribution in [0.25, 0.3) is 11.3 Å². The summed E-state index contributed by atoms with van der Waals surface area (Å²) in [5.41, 5.74) is 2.89. The lowest BCUT2D eigenvalue weighted by Gasteiger charge is -2.03. The van der Waals surface area contributed by atoms with E-state index in [1.54, 1.807) is 6.07 Å². The highest BCUT2D eigenvalue weighted by molar-refractivity contribution is 6.35. The Bertz CT molecular complexity index is 495. The van der Waals surface area contributed by atoms with Crippen molar-refractivity contribution in [3.8, 4) is 11.3 Å². The zero-order chi connectivity index (χ0) is 11.5. The molecule has 1 aromatic carbocycles. The lowest BCUT2D eigenvalue weighted by Crippen LogP contribution is -1.90. The molecule has 1 heterocycles. The predicted octanol–water partition coefficient (Wildman–Crippen LogP) is 4.01. The number of benzene rings is 1. The second kappa shape index (κ2) is 4.81. The van der Waals surface area contributed by atoms with Crippen molar-refractivity contribution in [2.75, 3.05) is 0 Å². The normalized spacial score (nSPS) is 10.4. The first-order valence-corrected chi connectivity index (χ1v) is 5.74. The summed E-state index contributed by atoms with van der Waals surface area (Å²) in [5.74, 6) is 0. The van der Waals surface area contributed by atoms with E-state index in [2.05, 4.69) is 29.3 Å². The Labute approximate surface area is 104 Å². The molecule has 4 heteroatoms. The predicted molar refractivity (Wildman–Crippen MR) is 66.9 cm³/mol. The molecule has 0 spiro atoms. The van der Waals surface area contributed by atoms with Crippen molar-refractivity contribution in [1.82, 2.24) is 10.2 Å². The molecule has 0 radical (unpaired) electrons. The molecule has 0 amide bonds. The summed E-state index contributed by atoms with van der Waals surface area (Å²) < 4.78 is 0. The minimum Gasteiger partial charge on any atom is -0.147 e. The molecule has 0 fully saturated rings. The van der Waals surface area contributed by atoms with Gasteiger partial charge in [0.2, 0.25) is 0 Å². The average molecular weight is 253 g/mol. The van der Waals surface area contributed by atoms with Crippen LogP contribution in [-0.2, 0) is 6.42 Å². The number of nitrogens with zero attached hydrogens (tertiary/aromatic N) is 2. The lowest BCUT2D eigenvalue weighted by molar-refractivity contribution is 1.04. The molecule has 0 saturated carbocycles. The van der Waals surface area contributed by atoms with Crippen molar-refractivity contribution in [3.63, 3.8) is 0 Å². The van der Waals surface area contributed by atoms with Crippen LogP contribution < -0.4 is 0 Å². The molecule has 82 valence electrons. The average Bonchev–Trinajstić information content (AvgIpc) is 2.29. The van der Waals surface area contributed by atoms with Crippen LogP contribution in [0.15, 0.2) is 30.3 Å². The second-order valence-corrected chi connectivity index (χ2v) is 4.21. The van der Waals surface area contributed by atoms with Gasteiger partial charge in [-0.3, -0.25) is 0 Å². The van der Waals surface area contributed by atoms with Crippen molar-refractivity contribution in [1.29, 1.82) is 0 Å². The topological polar surface area (TPSA) is 25.8 Å². The lowest BCUT2D eigenvalue weighted by atomic mass is 10.1. The molecular weight excluding hydrogens is 243 g/mol. The molecule has 0 saturated heterocycles. The summed E-state index contributed by atoms with van der Waals surface area (Å²) in [6, 6.07) is 9.69. The first-order valence-electron chi connectivity index (χ1n) is 4.98. The molecule has 2 aromatic rings. The number of aromatic nitrogens is 2. The largest absolute Gasteiger partial charge is 0.153 e. The highest BCUT2D eigenvalue weighted by Gasteiger charge is 2.06. The highest BCUT2D eigenvalue weighted by atomic mass is 35.5. The summed E-state index contributed by atoms with van der Waals surface area (Å²) in [6.07, 6.45) is 1.01. The van der Waals surface area contributed by atoms with Gasteiger partial charge in [-0.15, -0.1) is 10.2 Å². The van der Waals surface area contributed by atoms with Gasteiger partial charge in [-0.2, -0.15) is 0 Å². The standard InChI is InChI=1S/C12H10Cl2N2/c1-2-8-3-5-9(6-4-8)12-10(13)7-11(14)15-16-12/h3-7H,2H2,1H3. The van der Waals surface area contributed by atoms with E-state index in [0.717, 1.165) is 12.0 Å². The number of aryl methyl sites for hydroxylation is 1. The number of hydrogen-bond donors (Lipinski definition) is 0. The van der Waals surface area contributed by atoms with Crippen molar-refractivity contribution < 1.29 is 0 Å². The molecule has 1 aromatic heterocycles. The molecule has 0 atom stereocenters. The van der Waals surface area contributed by atoms with E-state index >= 15 is 0 Å². The van der Waals surface area contributed by atoms with Gasteiger partial charge in [0.15, 0.2) is 5.15 Å². The second-order valence-electron chi connectivity index (χ2n) is 3.41. The van der Waals surface area contributed by atoms with Crippen LogP contribution in [0.5, 0.6) is 0 Å². The van der Waals surface area contributed by atoms with Crippen LogP contribution in [0.2, 0.25) is 10.2 Å². The molecule has 0 unspecified atom stereocenters. The van der Waals surface area contributed by atoms with Crippen LogP contribution >= 0.6 is 23.2 Å². The van der Waals surface area contributed by atoms with Crippen molar-refractivity contribution in [3.05, 3.63) is 46.1 Å². The summed E-state index contributed by atoms with van der Waals surface area (Å²) in [6.45, 7) is 2.12. The molecular formula is C12H10Cl2N2. The van der Waals surface area contributed by atoms with Crippen molar-refractivity contribution in [2.24, 2.45) is 0 Å². The SMILES string of the molecule is CCc1ccc(-c2nnc(Cl)cc2Cl)cc1. The van der Waals surface area contributed by atoms with E-state index in [9.17, 15) is 0 Å². The third-order valence-electron chi connectivity index (χ3n) is 2.35. The summed E-state index contributed by atoms with van der Waals surface area (Å²) in [5, 5.41) is 8.60. The van der Waals surface area contributed by atoms with Gasteiger partial charge >= 0.3 is 0 Å². The smallest absolute Gasteiger partial charge is 0.147 e. The van der Waals surface area contributed by atoms with Gasteiger partial charge in [-0.05, 0) is 18.1 Å². The molecule has 2 nitrogen and oxygen atoms in total. The van der Waals surface area contributed by atoms with Gasteiger partial charge in [0, 0.05) is 5.56 Å². The first kappa shape index (κ1) is 11.4. The maximum Gasteiger partial charge on any atom is 0.153 e. The summed E-state index contributed by atoms with van der Waals surface area (Å²) in [7, 11) is 0. The van der Waals surface area contributed by atoms with Crippen LogP contribution in [-0.4, -0.2) is 10.2 Å². The summed E-state index contributed by atoms with van der Waals surface area (Å²) in [4.78, 5) is 0. The maximum atomic E-state index is 6.05. The third kappa shape index (κ3) is 2.34. The fourth-order valence-corrected chi connectivity index (χ4v) is 1.89. The third-order valence-corrected chi connectivity index (χ3v) is 2.83. The Balaban J connectivity index is 2.42. The highest BCUT2D eigenvalue weighted by Crippen LogP contribution is 2.26. The Morgan fingerprint density at radius 2 is 1.75 bits per heavy atom. The van der Waals surface area contributed by atoms with E-state index in [0.29, 0.717) is 15.9 Å². The zero-order valence-corrected chi connectivity index (χ0v) is 10.3. The fourth-order valence-electron chi connectivity index (χ4n) is 1.44.